The molecule has 0 bridgehead atoms. The van der Waals surface area contributed by atoms with Gasteiger partial charge in [-0.3, -0.25) is 10.1 Å². The van der Waals surface area contributed by atoms with Crippen molar-refractivity contribution in [3.8, 4) is 0 Å². The third-order valence-corrected chi connectivity index (χ3v) is 3.71. The Balaban J connectivity index is 1.66. The predicted octanol–water partition coefficient (Wildman–Crippen LogP) is 2.35. The normalized spacial score (nSPS) is 22.1. The van der Waals surface area contributed by atoms with Gasteiger partial charge in [0.05, 0.1) is 10.7 Å². The molecule has 0 saturated carbocycles. The first kappa shape index (κ1) is 13.3. The topological polar surface area (TPSA) is 75.7 Å². The van der Waals surface area contributed by atoms with Crippen LogP contribution < -0.4 is 5.32 Å². The van der Waals surface area contributed by atoms with Gasteiger partial charge in [-0.1, -0.05) is 11.6 Å². The first-order chi connectivity index (χ1) is 9.74. The van der Waals surface area contributed by atoms with Crippen LogP contribution in [0.15, 0.2) is 18.5 Å². The number of aromatic amines is 1. The van der Waals surface area contributed by atoms with Crippen LogP contribution in [0.25, 0.3) is 0 Å². The Bertz CT molecular complexity index is 588. The van der Waals surface area contributed by atoms with Gasteiger partial charge < -0.3 is 10.1 Å². The average molecular weight is 294 g/mol. The van der Waals surface area contributed by atoms with Crippen LogP contribution in [0.5, 0.6) is 0 Å². The number of aromatic nitrogens is 4. The maximum Gasteiger partial charge on any atom is 0.179 e. The number of aryl methyl sites for hydroxylation is 1. The lowest BCUT2D eigenvalue weighted by Gasteiger charge is -2.17. The second-order valence-corrected chi connectivity index (χ2v) is 5.26. The Kier molecular flexibility index (Phi) is 3.84. The van der Waals surface area contributed by atoms with E-state index in [1.54, 1.807) is 12.4 Å². The zero-order chi connectivity index (χ0) is 13.9. The molecule has 1 aliphatic heterocycles. The quantitative estimate of drug-likeness (QED) is 0.905. The molecule has 2 atom stereocenters. The van der Waals surface area contributed by atoms with Crippen molar-refractivity contribution in [3.63, 3.8) is 0 Å². The molecular weight excluding hydrogens is 278 g/mol. The summed E-state index contributed by atoms with van der Waals surface area (Å²) < 4.78 is 5.75. The summed E-state index contributed by atoms with van der Waals surface area (Å²) in [5.41, 5.74) is 0.887. The molecule has 6 nitrogen and oxygen atoms in total. The minimum Gasteiger partial charge on any atom is -0.383 e. The largest absolute Gasteiger partial charge is 0.383 e. The average Bonchev–Trinajstić information content (AvgIpc) is 3.06. The van der Waals surface area contributed by atoms with Crippen molar-refractivity contribution in [3.05, 3.63) is 35.1 Å². The first-order valence-corrected chi connectivity index (χ1v) is 6.95. The van der Waals surface area contributed by atoms with Crippen molar-refractivity contribution in [2.45, 2.75) is 19.4 Å². The Morgan fingerprint density at radius 3 is 3.20 bits per heavy atom. The Hall–Kier alpha value is -1.66. The molecule has 1 aliphatic rings. The highest BCUT2D eigenvalue weighted by Gasteiger charge is 2.32. The summed E-state index contributed by atoms with van der Waals surface area (Å²) in [7, 11) is 0. The van der Waals surface area contributed by atoms with Crippen LogP contribution >= 0.6 is 11.6 Å². The van der Waals surface area contributed by atoms with E-state index < -0.39 is 0 Å². The van der Waals surface area contributed by atoms with E-state index in [4.69, 9.17) is 16.3 Å². The summed E-state index contributed by atoms with van der Waals surface area (Å²) in [5, 5.41) is 11.0. The van der Waals surface area contributed by atoms with Gasteiger partial charge in [0.2, 0.25) is 0 Å². The third-order valence-electron chi connectivity index (χ3n) is 3.41. The zero-order valence-electron chi connectivity index (χ0n) is 11.1. The minimum absolute atomic E-state index is 0.0620. The SMILES string of the molecule is Cc1nc([C@H]2OCC[C@H]2CNc2ccncc2Cl)n[nH]1. The van der Waals surface area contributed by atoms with Crippen LogP contribution in [-0.2, 0) is 4.74 Å². The molecular formula is C13H16ClN5O. The van der Waals surface area contributed by atoms with Crippen LogP contribution in [-0.4, -0.2) is 33.3 Å². The summed E-state index contributed by atoms with van der Waals surface area (Å²) >= 11 is 6.08. The Morgan fingerprint density at radius 2 is 2.45 bits per heavy atom. The number of nitrogens with zero attached hydrogens (tertiary/aromatic N) is 3. The molecule has 2 N–H and O–H groups in total. The summed E-state index contributed by atoms with van der Waals surface area (Å²) in [4.78, 5) is 8.33. The number of H-pyrrole nitrogens is 1. The second-order valence-electron chi connectivity index (χ2n) is 4.86. The van der Waals surface area contributed by atoms with E-state index in [1.165, 1.54) is 0 Å². The molecule has 2 aromatic rings. The maximum absolute atomic E-state index is 6.08. The fourth-order valence-corrected chi connectivity index (χ4v) is 2.56. The van der Waals surface area contributed by atoms with Crippen LogP contribution in [0, 0.1) is 12.8 Å². The lowest BCUT2D eigenvalue weighted by atomic mass is 10.0. The summed E-state index contributed by atoms with van der Waals surface area (Å²) in [6.45, 7) is 3.38. The number of nitrogens with one attached hydrogen (secondary N) is 2. The van der Waals surface area contributed by atoms with Crippen molar-refractivity contribution in [1.29, 1.82) is 0 Å². The van der Waals surface area contributed by atoms with Gasteiger partial charge in [0, 0.05) is 31.5 Å². The van der Waals surface area contributed by atoms with E-state index in [0.29, 0.717) is 10.9 Å². The van der Waals surface area contributed by atoms with Gasteiger partial charge in [0.25, 0.3) is 0 Å². The number of hydrogen-bond donors (Lipinski definition) is 2. The highest BCUT2D eigenvalue weighted by Crippen LogP contribution is 2.33. The van der Waals surface area contributed by atoms with Gasteiger partial charge in [0.15, 0.2) is 5.82 Å². The van der Waals surface area contributed by atoms with Gasteiger partial charge in [-0.2, -0.15) is 5.10 Å². The highest BCUT2D eigenvalue weighted by atomic mass is 35.5. The molecule has 1 saturated heterocycles. The van der Waals surface area contributed by atoms with Gasteiger partial charge in [-0.15, -0.1) is 0 Å². The highest BCUT2D eigenvalue weighted by molar-refractivity contribution is 6.33. The van der Waals surface area contributed by atoms with Crippen LogP contribution in [0.3, 0.4) is 0 Å². The summed E-state index contributed by atoms with van der Waals surface area (Å²) in [6, 6.07) is 1.87. The maximum atomic E-state index is 6.08. The molecule has 1 fully saturated rings. The van der Waals surface area contributed by atoms with Crippen molar-refractivity contribution in [2.75, 3.05) is 18.5 Å². The third kappa shape index (κ3) is 2.76. The van der Waals surface area contributed by atoms with Gasteiger partial charge >= 0.3 is 0 Å². The molecule has 2 aromatic heterocycles. The fourth-order valence-electron chi connectivity index (χ4n) is 2.38. The van der Waals surface area contributed by atoms with E-state index >= 15 is 0 Å². The van der Waals surface area contributed by atoms with E-state index in [2.05, 4.69) is 25.5 Å². The Labute approximate surface area is 121 Å². The molecule has 106 valence electrons. The number of ether oxygens (including phenoxy) is 1. The second kappa shape index (κ2) is 5.76. The number of anilines is 1. The minimum atomic E-state index is -0.0620. The number of pyridine rings is 1. The van der Waals surface area contributed by atoms with E-state index in [9.17, 15) is 0 Å². The molecule has 0 amide bonds. The Morgan fingerprint density at radius 1 is 1.55 bits per heavy atom. The summed E-state index contributed by atoms with van der Waals surface area (Å²) in [5.74, 6) is 1.86. The number of hydrogen-bond acceptors (Lipinski definition) is 5. The summed E-state index contributed by atoms with van der Waals surface area (Å²) in [6.07, 6.45) is 4.27. The van der Waals surface area contributed by atoms with Crippen molar-refractivity contribution in [2.24, 2.45) is 5.92 Å². The lowest BCUT2D eigenvalue weighted by molar-refractivity contribution is 0.0864. The molecule has 3 rings (SSSR count). The first-order valence-electron chi connectivity index (χ1n) is 6.58. The standard InChI is InChI=1S/C13H16ClN5O/c1-8-17-13(19-18-8)12-9(3-5-20-12)6-16-11-2-4-15-7-10(11)14/h2,4,7,9,12H,3,5-6H2,1H3,(H,15,16)(H,17,18,19)/t9-,12-/m0/s1. The van der Waals surface area contributed by atoms with Gasteiger partial charge in [-0.05, 0) is 19.4 Å². The number of rotatable bonds is 4. The van der Waals surface area contributed by atoms with Crippen molar-refractivity contribution < 1.29 is 4.74 Å². The monoisotopic (exact) mass is 293 g/mol. The predicted molar refractivity (Wildman–Crippen MR) is 75.7 cm³/mol. The van der Waals surface area contributed by atoms with E-state index in [1.807, 2.05) is 13.0 Å². The molecule has 0 aromatic carbocycles. The molecule has 0 spiro atoms. The zero-order valence-corrected chi connectivity index (χ0v) is 11.9. The van der Waals surface area contributed by atoms with Gasteiger partial charge in [-0.25, -0.2) is 4.98 Å². The van der Waals surface area contributed by atoms with E-state index in [-0.39, 0.29) is 6.10 Å². The molecule has 0 radical (unpaired) electrons. The molecule has 3 heterocycles. The van der Waals surface area contributed by atoms with Crippen molar-refractivity contribution >= 4 is 17.3 Å². The van der Waals surface area contributed by atoms with E-state index in [0.717, 1.165) is 36.9 Å². The molecule has 0 aliphatic carbocycles. The molecule has 7 heteroatoms. The van der Waals surface area contributed by atoms with Gasteiger partial charge in [0.1, 0.15) is 11.9 Å². The smallest absolute Gasteiger partial charge is 0.179 e. The lowest BCUT2D eigenvalue weighted by Crippen LogP contribution is -2.19. The van der Waals surface area contributed by atoms with Crippen LogP contribution in [0.1, 0.15) is 24.2 Å². The molecule has 20 heavy (non-hydrogen) atoms. The van der Waals surface area contributed by atoms with Crippen molar-refractivity contribution in [1.82, 2.24) is 20.2 Å². The van der Waals surface area contributed by atoms with Crippen LogP contribution in [0.4, 0.5) is 5.69 Å². The fraction of sp³-hybridized carbons (Fsp3) is 0.462. The number of halogens is 1. The van der Waals surface area contributed by atoms with Crippen LogP contribution in [0.2, 0.25) is 5.02 Å². The molecule has 0 unspecified atom stereocenters.